The van der Waals surface area contributed by atoms with Crippen molar-refractivity contribution < 1.29 is 8.42 Å². The van der Waals surface area contributed by atoms with Gasteiger partial charge in [-0.25, -0.2) is 0 Å². The summed E-state index contributed by atoms with van der Waals surface area (Å²) in [6, 6.07) is 0. The summed E-state index contributed by atoms with van der Waals surface area (Å²) in [5, 5.41) is 3.33. The Morgan fingerprint density at radius 3 is 2.80 bits per heavy atom. The molecular formula is C14H27N3O2S. The third-order valence-corrected chi connectivity index (χ3v) is 6.18. The molecule has 1 saturated heterocycles. The summed E-state index contributed by atoms with van der Waals surface area (Å²) in [4.78, 5) is 0. The van der Waals surface area contributed by atoms with Gasteiger partial charge in [-0.05, 0) is 45.2 Å². The van der Waals surface area contributed by atoms with E-state index in [1.54, 1.807) is 8.61 Å². The number of piperidine rings is 1. The van der Waals surface area contributed by atoms with Gasteiger partial charge in [0.15, 0.2) is 0 Å². The maximum Gasteiger partial charge on any atom is 0.282 e. The molecule has 0 bridgehead atoms. The van der Waals surface area contributed by atoms with Crippen LogP contribution in [0.1, 0.15) is 33.1 Å². The Kier molecular flexibility index (Phi) is 5.60. The fourth-order valence-electron chi connectivity index (χ4n) is 2.88. The average Bonchev–Trinajstić information content (AvgIpc) is 2.46. The van der Waals surface area contributed by atoms with Gasteiger partial charge in [0.05, 0.1) is 0 Å². The molecule has 2 aliphatic rings. The predicted octanol–water partition coefficient (Wildman–Crippen LogP) is 1.20. The van der Waals surface area contributed by atoms with Crippen LogP contribution in [0.2, 0.25) is 0 Å². The van der Waals surface area contributed by atoms with Crippen molar-refractivity contribution in [2.24, 2.45) is 5.92 Å². The van der Waals surface area contributed by atoms with Crippen LogP contribution < -0.4 is 5.32 Å². The van der Waals surface area contributed by atoms with Crippen LogP contribution >= 0.6 is 0 Å². The highest BCUT2D eigenvalue weighted by molar-refractivity contribution is 7.86. The average molecular weight is 301 g/mol. The van der Waals surface area contributed by atoms with Crippen LogP contribution in [0.15, 0.2) is 11.6 Å². The standard InChI is InChI=1S/C14H27N3O2S/c1-3-15-11-14-5-4-8-17(12-14)20(18,19)16-9-6-13(2)7-10-16/h6,14-15H,3-5,7-12H2,1-2H3. The molecule has 0 aromatic carbocycles. The number of rotatable bonds is 5. The number of hydrogen-bond acceptors (Lipinski definition) is 3. The summed E-state index contributed by atoms with van der Waals surface area (Å²) >= 11 is 0. The SMILES string of the molecule is CCNCC1CCCN(S(=O)(=O)N2CC=C(C)CC2)C1. The quantitative estimate of drug-likeness (QED) is 0.777. The zero-order valence-electron chi connectivity index (χ0n) is 12.6. The highest BCUT2D eigenvalue weighted by Crippen LogP contribution is 2.22. The van der Waals surface area contributed by atoms with Crippen LogP contribution in [0, 0.1) is 5.92 Å². The molecule has 20 heavy (non-hydrogen) atoms. The second-order valence-corrected chi connectivity index (χ2v) is 7.77. The van der Waals surface area contributed by atoms with Crippen molar-refractivity contribution in [3.63, 3.8) is 0 Å². The highest BCUT2D eigenvalue weighted by Gasteiger charge is 2.33. The number of nitrogens with zero attached hydrogens (tertiary/aromatic N) is 2. The minimum atomic E-state index is -3.27. The first-order valence-corrected chi connectivity index (χ1v) is 9.05. The molecule has 0 radical (unpaired) electrons. The van der Waals surface area contributed by atoms with E-state index in [0.29, 0.717) is 32.1 Å². The van der Waals surface area contributed by atoms with Gasteiger partial charge in [-0.2, -0.15) is 17.0 Å². The normalized spacial score (nSPS) is 26.5. The Morgan fingerprint density at radius 1 is 1.35 bits per heavy atom. The summed E-state index contributed by atoms with van der Waals surface area (Å²) in [5.41, 5.74) is 1.29. The van der Waals surface area contributed by atoms with Crippen molar-refractivity contribution >= 4 is 10.2 Å². The fourth-order valence-corrected chi connectivity index (χ4v) is 4.55. The Balaban J connectivity index is 1.98. The van der Waals surface area contributed by atoms with Crippen molar-refractivity contribution in [3.8, 4) is 0 Å². The maximum atomic E-state index is 12.7. The molecule has 0 aromatic rings. The van der Waals surface area contributed by atoms with E-state index in [2.05, 4.69) is 19.2 Å². The summed E-state index contributed by atoms with van der Waals surface area (Å²) in [6.07, 6.45) is 4.98. The van der Waals surface area contributed by atoms with E-state index in [4.69, 9.17) is 0 Å². The smallest absolute Gasteiger partial charge is 0.282 e. The van der Waals surface area contributed by atoms with E-state index in [1.165, 1.54) is 5.57 Å². The van der Waals surface area contributed by atoms with Crippen molar-refractivity contribution in [1.29, 1.82) is 0 Å². The minimum absolute atomic E-state index is 0.445. The summed E-state index contributed by atoms with van der Waals surface area (Å²) in [5.74, 6) is 0.445. The predicted molar refractivity (Wildman–Crippen MR) is 81.7 cm³/mol. The first-order valence-electron chi connectivity index (χ1n) is 7.65. The Morgan fingerprint density at radius 2 is 2.15 bits per heavy atom. The molecule has 1 atom stereocenters. The molecule has 0 aromatic heterocycles. The lowest BCUT2D eigenvalue weighted by atomic mass is 10.00. The van der Waals surface area contributed by atoms with E-state index >= 15 is 0 Å². The molecule has 0 saturated carbocycles. The van der Waals surface area contributed by atoms with E-state index < -0.39 is 10.2 Å². The van der Waals surface area contributed by atoms with Crippen LogP contribution in [0.5, 0.6) is 0 Å². The van der Waals surface area contributed by atoms with Gasteiger partial charge in [0.1, 0.15) is 0 Å². The number of hydrogen-bond donors (Lipinski definition) is 1. The van der Waals surface area contributed by atoms with Crippen LogP contribution in [-0.2, 0) is 10.2 Å². The zero-order valence-corrected chi connectivity index (χ0v) is 13.5. The second kappa shape index (κ2) is 7.02. The van der Waals surface area contributed by atoms with Crippen LogP contribution in [0.3, 0.4) is 0 Å². The van der Waals surface area contributed by atoms with Crippen LogP contribution in [-0.4, -0.2) is 56.3 Å². The van der Waals surface area contributed by atoms with Gasteiger partial charge in [-0.1, -0.05) is 18.6 Å². The molecule has 0 aliphatic carbocycles. The van der Waals surface area contributed by atoms with Gasteiger partial charge in [0.2, 0.25) is 0 Å². The summed E-state index contributed by atoms with van der Waals surface area (Å²) in [6.45, 7) is 8.50. The van der Waals surface area contributed by atoms with Crippen molar-refractivity contribution in [2.45, 2.75) is 33.1 Å². The Labute approximate surface area is 123 Å². The molecular weight excluding hydrogens is 274 g/mol. The van der Waals surface area contributed by atoms with E-state index in [-0.39, 0.29) is 0 Å². The monoisotopic (exact) mass is 301 g/mol. The third-order valence-electron chi connectivity index (χ3n) is 4.22. The van der Waals surface area contributed by atoms with E-state index in [9.17, 15) is 8.42 Å². The molecule has 0 amide bonds. The Hall–Kier alpha value is -0.430. The van der Waals surface area contributed by atoms with Gasteiger partial charge in [0.25, 0.3) is 10.2 Å². The van der Waals surface area contributed by atoms with Crippen molar-refractivity contribution in [3.05, 3.63) is 11.6 Å². The van der Waals surface area contributed by atoms with Crippen LogP contribution in [0.25, 0.3) is 0 Å². The molecule has 1 fully saturated rings. The van der Waals surface area contributed by atoms with Gasteiger partial charge in [-0.3, -0.25) is 0 Å². The number of nitrogens with one attached hydrogen (secondary N) is 1. The maximum absolute atomic E-state index is 12.7. The van der Waals surface area contributed by atoms with Gasteiger partial charge < -0.3 is 5.32 Å². The molecule has 1 N–H and O–H groups in total. The molecule has 2 aliphatic heterocycles. The third kappa shape index (κ3) is 3.81. The molecule has 5 nitrogen and oxygen atoms in total. The first-order chi connectivity index (χ1) is 9.54. The van der Waals surface area contributed by atoms with E-state index in [1.807, 2.05) is 6.08 Å². The lowest BCUT2D eigenvalue weighted by Gasteiger charge is -2.36. The Bertz CT molecular complexity index is 447. The largest absolute Gasteiger partial charge is 0.317 e. The molecule has 2 heterocycles. The molecule has 2 rings (SSSR count). The lowest BCUT2D eigenvalue weighted by molar-refractivity contribution is 0.244. The highest BCUT2D eigenvalue weighted by atomic mass is 32.2. The molecule has 6 heteroatoms. The van der Waals surface area contributed by atoms with Crippen molar-refractivity contribution in [1.82, 2.24) is 13.9 Å². The van der Waals surface area contributed by atoms with E-state index in [0.717, 1.165) is 32.4 Å². The topological polar surface area (TPSA) is 52.7 Å². The fraction of sp³-hybridized carbons (Fsp3) is 0.857. The van der Waals surface area contributed by atoms with Gasteiger partial charge in [0, 0.05) is 26.2 Å². The summed E-state index contributed by atoms with van der Waals surface area (Å²) in [7, 11) is -3.27. The summed E-state index contributed by atoms with van der Waals surface area (Å²) < 4.78 is 28.6. The van der Waals surface area contributed by atoms with Gasteiger partial charge >= 0.3 is 0 Å². The van der Waals surface area contributed by atoms with Gasteiger partial charge in [-0.15, -0.1) is 0 Å². The molecule has 116 valence electrons. The van der Waals surface area contributed by atoms with Crippen LogP contribution in [0.4, 0.5) is 0 Å². The van der Waals surface area contributed by atoms with Crippen molar-refractivity contribution in [2.75, 3.05) is 39.3 Å². The second-order valence-electron chi connectivity index (χ2n) is 5.84. The molecule has 1 unspecified atom stereocenters. The zero-order chi connectivity index (χ0) is 14.6. The first kappa shape index (κ1) is 15.9. The minimum Gasteiger partial charge on any atom is -0.317 e. The lowest BCUT2D eigenvalue weighted by Crippen LogP contribution is -2.50. The molecule has 0 spiro atoms.